The molecule has 2 atom stereocenters. The minimum Gasteiger partial charge on any atom is -0.367 e. The number of pyridine rings is 1. The first-order valence-electron chi connectivity index (χ1n) is 9.00. The summed E-state index contributed by atoms with van der Waals surface area (Å²) in [5.74, 6) is -3.11. The summed E-state index contributed by atoms with van der Waals surface area (Å²) >= 11 is 0.833. The van der Waals surface area contributed by atoms with Gasteiger partial charge in [0.05, 0.1) is 6.54 Å². The molecule has 3 N–H and O–H groups in total. The Labute approximate surface area is 179 Å². The van der Waals surface area contributed by atoms with Crippen LogP contribution in [0.4, 0.5) is 33.3 Å². The zero-order valence-corrected chi connectivity index (χ0v) is 17.3. The first kappa shape index (κ1) is 23.2. The second-order valence-corrected chi connectivity index (χ2v) is 7.69. The van der Waals surface area contributed by atoms with E-state index in [0.29, 0.717) is 5.03 Å². The molecule has 1 aromatic heterocycles. The number of carbonyl (C=O) groups is 1. The van der Waals surface area contributed by atoms with E-state index in [2.05, 4.69) is 10.3 Å². The van der Waals surface area contributed by atoms with E-state index < -0.39 is 48.3 Å². The van der Waals surface area contributed by atoms with Crippen molar-refractivity contribution in [2.75, 3.05) is 23.9 Å². The highest BCUT2D eigenvalue weighted by Gasteiger charge is 2.63. The molecule has 1 aromatic carbocycles. The summed E-state index contributed by atoms with van der Waals surface area (Å²) in [5.41, 5.74) is -2.63. The number of benzene rings is 1. The van der Waals surface area contributed by atoms with Gasteiger partial charge in [-0.25, -0.2) is 13.8 Å². The van der Waals surface area contributed by atoms with Gasteiger partial charge in [0.15, 0.2) is 17.2 Å². The van der Waals surface area contributed by atoms with Crippen molar-refractivity contribution in [2.45, 2.75) is 36.2 Å². The number of aromatic nitrogens is 1. The smallest absolute Gasteiger partial charge is 0.367 e. The van der Waals surface area contributed by atoms with Gasteiger partial charge >= 0.3 is 6.18 Å². The highest BCUT2D eigenvalue weighted by Crippen LogP contribution is 2.45. The molecule has 1 amide bonds. The van der Waals surface area contributed by atoms with E-state index in [1.54, 1.807) is 0 Å². The number of carbonyl (C=O) groups excluding carboxylic acids is 1. The SMILES string of the molecule is COC1(C(F)(F)F)CC(C(=O)Nc2ccnc(SN)c2)N(c2ccc(F)c(F)c2C)C1. The molecular formula is C19H19F5N4O2S. The molecule has 0 bridgehead atoms. The van der Waals surface area contributed by atoms with E-state index in [1.807, 2.05) is 0 Å². The van der Waals surface area contributed by atoms with Crippen molar-refractivity contribution in [2.24, 2.45) is 5.14 Å². The fraction of sp³-hybridized carbons (Fsp3) is 0.368. The molecule has 0 saturated carbocycles. The van der Waals surface area contributed by atoms with Crippen LogP contribution in [0.5, 0.6) is 0 Å². The van der Waals surface area contributed by atoms with E-state index in [9.17, 15) is 26.7 Å². The van der Waals surface area contributed by atoms with E-state index in [-0.39, 0.29) is 16.9 Å². The van der Waals surface area contributed by atoms with Crippen LogP contribution in [-0.4, -0.2) is 42.4 Å². The number of hydrogen-bond donors (Lipinski definition) is 2. The number of nitrogens with two attached hydrogens (primary N) is 1. The molecule has 1 aliphatic heterocycles. The van der Waals surface area contributed by atoms with Crippen LogP contribution in [0.3, 0.4) is 0 Å². The van der Waals surface area contributed by atoms with Gasteiger partial charge in [0.25, 0.3) is 0 Å². The maximum Gasteiger partial charge on any atom is 0.419 e. The van der Waals surface area contributed by atoms with Crippen LogP contribution in [-0.2, 0) is 9.53 Å². The quantitative estimate of drug-likeness (QED) is 0.520. The lowest BCUT2D eigenvalue weighted by atomic mass is 9.99. The average molecular weight is 462 g/mol. The Morgan fingerprint density at radius 2 is 2.06 bits per heavy atom. The molecule has 1 aliphatic rings. The minimum absolute atomic E-state index is 0.0323. The zero-order valence-electron chi connectivity index (χ0n) is 16.5. The molecule has 2 aromatic rings. The number of rotatable bonds is 5. The molecule has 0 aliphatic carbocycles. The van der Waals surface area contributed by atoms with Crippen molar-refractivity contribution in [1.29, 1.82) is 0 Å². The van der Waals surface area contributed by atoms with Crippen molar-refractivity contribution in [1.82, 2.24) is 4.98 Å². The molecular weight excluding hydrogens is 443 g/mol. The number of hydrogen-bond acceptors (Lipinski definition) is 6. The summed E-state index contributed by atoms with van der Waals surface area (Å²) in [6.07, 6.45) is -4.16. The summed E-state index contributed by atoms with van der Waals surface area (Å²) in [7, 11) is 0.900. The third-order valence-corrected chi connectivity index (χ3v) is 5.74. The van der Waals surface area contributed by atoms with Gasteiger partial charge in [0.1, 0.15) is 11.1 Å². The highest BCUT2D eigenvalue weighted by molar-refractivity contribution is 7.97. The van der Waals surface area contributed by atoms with Gasteiger partial charge in [-0.1, -0.05) is 0 Å². The van der Waals surface area contributed by atoms with E-state index in [4.69, 9.17) is 9.88 Å². The van der Waals surface area contributed by atoms with Crippen LogP contribution in [0.15, 0.2) is 35.5 Å². The summed E-state index contributed by atoms with van der Waals surface area (Å²) in [6, 6.07) is 3.49. The standard InChI is InChI=1S/C19H19F5N4O2S/c1-10-13(4-3-12(20)16(10)21)28-9-18(30-2,19(22,23)24)8-14(28)17(29)27-11-5-6-26-15(7-11)31-25/h3-7,14H,8-9,25H2,1-2H3,(H,26,27,29). The maximum absolute atomic E-state index is 14.1. The number of methoxy groups -OCH3 is 1. The first-order chi connectivity index (χ1) is 14.5. The third-order valence-electron chi connectivity index (χ3n) is 5.28. The number of alkyl halides is 3. The van der Waals surface area contributed by atoms with Crippen LogP contribution in [0.2, 0.25) is 0 Å². The molecule has 12 heteroatoms. The third kappa shape index (κ3) is 4.32. The number of nitrogens with one attached hydrogen (secondary N) is 1. The fourth-order valence-electron chi connectivity index (χ4n) is 3.56. The molecule has 168 valence electrons. The molecule has 1 fully saturated rings. The number of amides is 1. The number of ether oxygens (including phenoxy) is 1. The molecule has 0 spiro atoms. The average Bonchev–Trinajstić information content (AvgIpc) is 3.13. The monoisotopic (exact) mass is 462 g/mol. The molecule has 0 radical (unpaired) electrons. The fourth-order valence-corrected chi connectivity index (χ4v) is 3.88. The summed E-state index contributed by atoms with van der Waals surface area (Å²) < 4.78 is 74.1. The van der Waals surface area contributed by atoms with Crippen LogP contribution in [0, 0.1) is 18.6 Å². The topological polar surface area (TPSA) is 80.5 Å². The minimum atomic E-state index is -4.80. The van der Waals surface area contributed by atoms with E-state index in [0.717, 1.165) is 36.1 Å². The van der Waals surface area contributed by atoms with Crippen LogP contribution < -0.4 is 15.4 Å². The maximum atomic E-state index is 14.1. The van der Waals surface area contributed by atoms with Crippen molar-refractivity contribution in [3.63, 3.8) is 0 Å². The Hall–Kier alpha value is -2.44. The highest BCUT2D eigenvalue weighted by atomic mass is 32.2. The Balaban J connectivity index is 2.01. The summed E-state index contributed by atoms with van der Waals surface area (Å²) in [6.45, 7) is 0.466. The Kier molecular flexibility index (Phi) is 6.44. The van der Waals surface area contributed by atoms with Gasteiger partial charge in [-0.3, -0.25) is 9.93 Å². The van der Waals surface area contributed by atoms with Crippen molar-refractivity contribution in [3.05, 3.63) is 47.7 Å². The normalized spacial score (nSPS) is 21.4. The van der Waals surface area contributed by atoms with Crippen LogP contribution in [0.1, 0.15) is 12.0 Å². The Morgan fingerprint density at radius 3 is 2.68 bits per heavy atom. The first-order valence-corrected chi connectivity index (χ1v) is 9.87. The summed E-state index contributed by atoms with van der Waals surface area (Å²) in [4.78, 5) is 18.0. The van der Waals surface area contributed by atoms with E-state index >= 15 is 0 Å². The Bertz CT molecular complexity index is 990. The zero-order chi connectivity index (χ0) is 23.0. The number of anilines is 2. The van der Waals surface area contributed by atoms with Crippen LogP contribution in [0.25, 0.3) is 0 Å². The lowest BCUT2D eigenvalue weighted by molar-refractivity contribution is -0.261. The van der Waals surface area contributed by atoms with Crippen LogP contribution >= 0.6 is 11.9 Å². The largest absolute Gasteiger partial charge is 0.419 e. The molecule has 2 unspecified atom stereocenters. The van der Waals surface area contributed by atoms with Gasteiger partial charge in [-0.05, 0) is 43.1 Å². The molecule has 1 saturated heterocycles. The predicted molar refractivity (Wildman–Crippen MR) is 106 cm³/mol. The predicted octanol–water partition coefficient (Wildman–Crippen LogP) is 3.80. The molecule has 3 rings (SSSR count). The van der Waals surface area contributed by atoms with Gasteiger partial charge in [0, 0.05) is 36.7 Å². The van der Waals surface area contributed by atoms with E-state index in [1.165, 1.54) is 25.3 Å². The molecule has 31 heavy (non-hydrogen) atoms. The number of halogens is 5. The summed E-state index contributed by atoms with van der Waals surface area (Å²) in [5, 5.41) is 8.36. The lowest BCUT2D eigenvalue weighted by Crippen LogP contribution is -2.49. The second-order valence-electron chi connectivity index (χ2n) is 7.04. The van der Waals surface area contributed by atoms with Gasteiger partial charge in [0.2, 0.25) is 5.91 Å². The molecule has 6 nitrogen and oxygen atoms in total. The van der Waals surface area contributed by atoms with Gasteiger partial charge in [-0.2, -0.15) is 13.2 Å². The van der Waals surface area contributed by atoms with Crippen molar-refractivity contribution < 1.29 is 31.5 Å². The second kappa shape index (κ2) is 8.60. The molecule has 2 heterocycles. The lowest BCUT2D eigenvalue weighted by Gasteiger charge is -2.31. The Morgan fingerprint density at radius 1 is 1.35 bits per heavy atom. The van der Waals surface area contributed by atoms with Crippen molar-refractivity contribution >= 4 is 29.2 Å². The number of nitrogens with zero attached hydrogens (tertiary/aromatic N) is 2. The van der Waals surface area contributed by atoms with Crippen molar-refractivity contribution in [3.8, 4) is 0 Å². The van der Waals surface area contributed by atoms with Gasteiger partial charge < -0.3 is 15.0 Å². The van der Waals surface area contributed by atoms with Gasteiger partial charge in [-0.15, -0.1) is 0 Å².